The molecule has 1 aromatic rings. The van der Waals surface area contributed by atoms with Crippen LogP contribution in [0.5, 0.6) is 0 Å². The largest absolute Gasteiger partial charge is 1.00 e. The summed E-state index contributed by atoms with van der Waals surface area (Å²) < 4.78 is 48.6. The number of rotatable bonds is 7. The van der Waals surface area contributed by atoms with Gasteiger partial charge < -0.3 is 20.1 Å². The SMILES string of the molecule is C/C(=C/[CH-]C(=O)NCC1COCCO1)c1[c-]c(C(C)(C)C)cc(NCC(F)(F)F)c1.[K+]. The first kappa shape index (κ1) is 28.5. The minimum absolute atomic E-state index is 0. The maximum atomic E-state index is 12.6. The van der Waals surface area contributed by atoms with E-state index in [-0.39, 0.29) is 68.8 Å². The molecule has 1 aromatic carbocycles. The van der Waals surface area contributed by atoms with Crippen LogP contribution in [0.2, 0.25) is 0 Å². The molecule has 1 heterocycles. The summed E-state index contributed by atoms with van der Waals surface area (Å²) >= 11 is 0. The van der Waals surface area contributed by atoms with Gasteiger partial charge in [0.2, 0.25) is 0 Å². The van der Waals surface area contributed by atoms with Crippen molar-refractivity contribution in [2.24, 2.45) is 0 Å². The Labute approximate surface area is 224 Å². The molecule has 0 spiro atoms. The number of hydrogen-bond donors (Lipinski definition) is 2. The molecule has 5 nitrogen and oxygen atoms in total. The van der Waals surface area contributed by atoms with Gasteiger partial charge in [-0.2, -0.15) is 19.2 Å². The maximum absolute atomic E-state index is 12.6. The zero-order valence-corrected chi connectivity index (χ0v) is 21.9. The van der Waals surface area contributed by atoms with Gasteiger partial charge in [0, 0.05) is 6.54 Å². The van der Waals surface area contributed by atoms with Gasteiger partial charge in [-0.05, 0) is 11.1 Å². The first-order valence-electron chi connectivity index (χ1n) is 9.82. The molecule has 0 aromatic heterocycles. The van der Waals surface area contributed by atoms with E-state index >= 15 is 0 Å². The van der Waals surface area contributed by atoms with E-state index in [0.29, 0.717) is 43.2 Å². The van der Waals surface area contributed by atoms with Crippen LogP contribution < -0.4 is 62.0 Å². The van der Waals surface area contributed by atoms with E-state index in [1.807, 2.05) is 20.8 Å². The second-order valence-electron chi connectivity index (χ2n) is 8.24. The minimum Gasteiger partial charge on any atom is -0.392 e. The Bertz CT molecular complexity index is 755. The molecule has 0 bridgehead atoms. The second-order valence-corrected chi connectivity index (χ2v) is 8.24. The first-order chi connectivity index (χ1) is 13.9. The monoisotopic (exact) mass is 465 g/mol. The number of amides is 1. The average Bonchev–Trinajstić information content (AvgIpc) is 2.68. The van der Waals surface area contributed by atoms with E-state index in [4.69, 9.17) is 9.47 Å². The molecular weight excluding hydrogens is 436 g/mol. The number of allylic oxidation sites excluding steroid dienone is 1. The predicted molar refractivity (Wildman–Crippen MR) is 110 cm³/mol. The fourth-order valence-electron chi connectivity index (χ4n) is 2.71. The summed E-state index contributed by atoms with van der Waals surface area (Å²) in [5.74, 6) is -0.286. The summed E-state index contributed by atoms with van der Waals surface area (Å²) in [7, 11) is 0. The van der Waals surface area contributed by atoms with E-state index in [9.17, 15) is 18.0 Å². The van der Waals surface area contributed by atoms with Crippen molar-refractivity contribution in [3.63, 3.8) is 0 Å². The minimum atomic E-state index is -4.31. The Hall–Kier alpha value is -0.554. The Kier molecular flexibility index (Phi) is 11.6. The summed E-state index contributed by atoms with van der Waals surface area (Å²) in [6.07, 6.45) is -1.47. The van der Waals surface area contributed by atoms with Crippen molar-refractivity contribution in [2.45, 2.75) is 45.4 Å². The molecule has 1 unspecified atom stereocenters. The summed E-state index contributed by atoms with van der Waals surface area (Å²) in [5, 5.41) is 5.18. The normalized spacial score (nSPS) is 17.5. The maximum Gasteiger partial charge on any atom is 1.00 e. The number of anilines is 1. The molecule has 0 saturated carbocycles. The molecular formula is C22H29F3KN2O3-. The predicted octanol–water partition coefficient (Wildman–Crippen LogP) is 0.902. The summed E-state index contributed by atoms with van der Waals surface area (Å²) in [4.78, 5) is 12.1. The van der Waals surface area contributed by atoms with Crippen LogP contribution in [0, 0.1) is 12.5 Å². The van der Waals surface area contributed by atoms with Gasteiger partial charge >= 0.3 is 57.6 Å². The zero-order chi connectivity index (χ0) is 22.4. The van der Waals surface area contributed by atoms with Crippen molar-refractivity contribution in [1.29, 1.82) is 0 Å². The van der Waals surface area contributed by atoms with Crippen LogP contribution in [0.15, 0.2) is 18.2 Å². The van der Waals surface area contributed by atoms with Gasteiger partial charge in [-0.3, -0.25) is 4.79 Å². The number of carbonyl (C=O) groups is 1. The van der Waals surface area contributed by atoms with Crippen molar-refractivity contribution >= 4 is 17.2 Å². The van der Waals surface area contributed by atoms with E-state index < -0.39 is 12.7 Å². The zero-order valence-electron chi connectivity index (χ0n) is 18.8. The van der Waals surface area contributed by atoms with Gasteiger partial charge in [0.15, 0.2) is 5.91 Å². The molecule has 2 N–H and O–H groups in total. The van der Waals surface area contributed by atoms with Crippen LogP contribution in [0.25, 0.3) is 5.57 Å². The third kappa shape index (κ3) is 10.7. The molecule has 1 saturated heterocycles. The average molecular weight is 466 g/mol. The van der Waals surface area contributed by atoms with Crippen molar-refractivity contribution in [3.05, 3.63) is 41.8 Å². The van der Waals surface area contributed by atoms with Crippen molar-refractivity contribution < 1.29 is 78.8 Å². The molecule has 2 rings (SSSR count). The van der Waals surface area contributed by atoms with Gasteiger partial charge in [-0.1, -0.05) is 27.7 Å². The Morgan fingerprint density at radius 3 is 2.58 bits per heavy atom. The standard InChI is InChI=1S/C22H29F3N2O3.K/c1-15(5-6-20(28)26-12-19-13-29-7-8-30-19)16-9-17(21(2,3)4)11-18(10-16)27-14-22(23,24)25;/h5-6,10-11,19,27H,7-8,12-14H2,1-4H3,(H,26,28);/q-2;+1/b15-5-;. The van der Waals surface area contributed by atoms with Crippen LogP contribution in [-0.2, 0) is 19.7 Å². The third-order valence-corrected chi connectivity index (χ3v) is 4.47. The van der Waals surface area contributed by atoms with Gasteiger partial charge in [0.25, 0.3) is 0 Å². The van der Waals surface area contributed by atoms with E-state index in [0.717, 1.165) is 5.56 Å². The first-order valence-corrected chi connectivity index (χ1v) is 9.82. The summed E-state index contributed by atoms with van der Waals surface area (Å²) in [6.45, 7) is 8.41. The number of halogens is 3. The van der Waals surface area contributed by atoms with Crippen LogP contribution in [0.1, 0.15) is 38.8 Å². The smallest absolute Gasteiger partial charge is 0.392 e. The van der Waals surface area contributed by atoms with E-state index in [2.05, 4.69) is 16.7 Å². The van der Waals surface area contributed by atoms with Crippen LogP contribution >= 0.6 is 0 Å². The van der Waals surface area contributed by atoms with Crippen LogP contribution in [0.3, 0.4) is 0 Å². The van der Waals surface area contributed by atoms with Gasteiger partial charge in [-0.25, -0.2) is 0 Å². The molecule has 9 heteroatoms. The fourth-order valence-corrected chi connectivity index (χ4v) is 2.71. The molecule has 1 atom stereocenters. The summed E-state index contributed by atoms with van der Waals surface area (Å²) in [5.41, 5.74) is 2.17. The van der Waals surface area contributed by atoms with Crippen molar-refractivity contribution in [1.82, 2.24) is 5.32 Å². The molecule has 31 heavy (non-hydrogen) atoms. The number of nitrogens with one attached hydrogen (secondary N) is 2. The number of alkyl halides is 3. The van der Waals surface area contributed by atoms with Crippen molar-refractivity contribution in [2.75, 3.05) is 38.2 Å². The molecule has 1 aliphatic rings. The van der Waals surface area contributed by atoms with Gasteiger partial charge in [-0.15, -0.1) is 41.3 Å². The molecule has 1 aliphatic heterocycles. The van der Waals surface area contributed by atoms with E-state index in [1.165, 1.54) is 6.42 Å². The van der Waals surface area contributed by atoms with Gasteiger partial charge in [0.1, 0.15) is 6.54 Å². The molecule has 1 fully saturated rings. The topological polar surface area (TPSA) is 59.6 Å². The molecule has 0 radical (unpaired) electrons. The molecule has 0 aliphatic carbocycles. The van der Waals surface area contributed by atoms with Crippen molar-refractivity contribution in [3.8, 4) is 0 Å². The van der Waals surface area contributed by atoms with E-state index in [1.54, 1.807) is 25.1 Å². The Balaban J connectivity index is 0.00000480. The summed E-state index contributed by atoms with van der Waals surface area (Å²) in [6, 6.07) is 6.53. The third-order valence-electron chi connectivity index (χ3n) is 4.47. The number of hydrogen-bond acceptors (Lipinski definition) is 4. The Morgan fingerprint density at radius 1 is 1.29 bits per heavy atom. The number of benzene rings is 1. The number of ether oxygens (including phenoxy) is 2. The van der Waals surface area contributed by atoms with Crippen LogP contribution in [-0.4, -0.2) is 51.1 Å². The molecule has 1 amide bonds. The van der Waals surface area contributed by atoms with Crippen LogP contribution in [0.4, 0.5) is 18.9 Å². The Morgan fingerprint density at radius 2 is 2.00 bits per heavy atom. The fraction of sp³-hybridized carbons (Fsp3) is 0.545. The number of carbonyl (C=O) groups excluding carboxylic acids is 1. The molecule has 168 valence electrons. The second kappa shape index (κ2) is 12.6. The van der Waals surface area contributed by atoms with Gasteiger partial charge in [0.05, 0.1) is 25.9 Å². The quantitative estimate of drug-likeness (QED) is 0.464.